The summed E-state index contributed by atoms with van der Waals surface area (Å²) in [6.45, 7) is 3.28. The molecular weight excluding hydrogens is 307 g/mol. The predicted octanol–water partition coefficient (Wildman–Crippen LogP) is 5.28. The zero-order valence-corrected chi connectivity index (χ0v) is 13.8. The molecule has 104 valence electrons. The molecule has 0 radical (unpaired) electrons. The van der Waals surface area contributed by atoms with E-state index in [1.807, 2.05) is 12.4 Å². The number of nitrogens with zero attached hydrogens (tertiary/aromatic N) is 2. The minimum absolute atomic E-state index is 0.0622. The van der Waals surface area contributed by atoms with Gasteiger partial charge < -0.3 is 4.31 Å². The Morgan fingerprint density at radius 3 is 2.72 bits per heavy atom. The third-order valence-electron chi connectivity index (χ3n) is 2.43. The van der Waals surface area contributed by atoms with Crippen LogP contribution in [0.1, 0.15) is 39.0 Å². The maximum absolute atomic E-state index is 5.92. The van der Waals surface area contributed by atoms with Crippen LogP contribution in [0.25, 0.3) is 0 Å². The number of hydrogen-bond donors (Lipinski definition) is 0. The van der Waals surface area contributed by atoms with Gasteiger partial charge in [-0.2, -0.15) is 0 Å². The van der Waals surface area contributed by atoms with Gasteiger partial charge in [0.1, 0.15) is 4.71 Å². The van der Waals surface area contributed by atoms with E-state index >= 15 is 0 Å². The van der Waals surface area contributed by atoms with Crippen molar-refractivity contribution < 1.29 is 0 Å². The molecule has 0 amide bonds. The average molecular weight is 327 g/mol. The van der Waals surface area contributed by atoms with Crippen molar-refractivity contribution in [3.8, 4) is 0 Å². The van der Waals surface area contributed by atoms with Gasteiger partial charge in [0.05, 0.1) is 5.03 Å². The second-order valence-electron chi connectivity index (χ2n) is 4.05. The molecule has 0 aromatic heterocycles. The molecule has 2 aliphatic rings. The average Bonchev–Trinajstić information content (AvgIpc) is 3.00. The van der Waals surface area contributed by atoms with Gasteiger partial charge in [0.2, 0.25) is 0 Å². The summed E-state index contributed by atoms with van der Waals surface area (Å²) in [5.74, 6) is 1.19. The maximum Gasteiger partial charge on any atom is 0.136 e. The van der Waals surface area contributed by atoms with Crippen molar-refractivity contribution in [3.63, 3.8) is 0 Å². The SMILES string of the molecule is C1=NSCC1.CCCCCCN1C=C(Cl)C(Cl)S1. The molecule has 2 heterocycles. The van der Waals surface area contributed by atoms with Crippen molar-refractivity contribution in [3.05, 3.63) is 11.2 Å². The summed E-state index contributed by atoms with van der Waals surface area (Å²) in [6, 6.07) is 0. The van der Waals surface area contributed by atoms with Crippen molar-refractivity contribution >= 4 is 53.3 Å². The van der Waals surface area contributed by atoms with E-state index in [9.17, 15) is 0 Å². The van der Waals surface area contributed by atoms with Gasteiger partial charge in [-0.1, -0.05) is 37.8 Å². The first-order valence-electron chi connectivity index (χ1n) is 6.32. The van der Waals surface area contributed by atoms with Crippen LogP contribution in [0.4, 0.5) is 0 Å². The van der Waals surface area contributed by atoms with Gasteiger partial charge in [-0.3, -0.25) is 0 Å². The van der Waals surface area contributed by atoms with Crippen molar-refractivity contribution in [1.29, 1.82) is 0 Å². The largest absolute Gasteiger partial charge is 0.320 e. The zero-order valence-electron chi connectivity index (χ0n) is 10.6. The van der Waals surface area contributed by atoms with Crippen LogP contribution < -0.4 is 0 Å². The molecular formula is C12H20Cl2N2S2. The van der Waals surface area contributed by atoms with E-state index in [1.54, 1.807) is 23.9 Å². The van der Waals surface area contributed by atoms with Crippen molar-refractivity contribution in [1.82, 2.24) is 4.31 Å². The van der Waals surface area contributed by atoms with Crippen molar-refractivity contribution in [2.24, 2.45) is 4.40 Å². The highest BCUT2D eigenvalue weighted by Crippen LogP contribution is 2.36. The van der Waals surface area contributed by atoms with E-state index in [0.29, 0.717) is 0 Å². The van der Waals surface area contributed by atoms with Crippen LogP contribution >= 0.6 is 47.1 Å². The smallest absolute Gasteiger partial charge is 0.136 e. The third-order valence-corrected chi connectivity index (χ3v) is 5.18. The van der Waals surface area contributed by atoms with E-state index in [0.717, 1.165) is 11.6 Å². The lowest BCUT2D eigenvalue weighted by Gasteiger charge is -2.13. The quantitative estimate of drug-likeness (QED) is 0.388. The molecule has 2 nitrogen and oxygen atoms in total. The predicted molar refractivity (Wildman–Crippen MR) is 87.6 cm³/mol. The number of unbranched alkanes of at least 4 members (excludes halogenated alkanes) is 3. The topological polar surface area (TPSA) is 15.6 Å². The Bertz CT molecular complexity index is 279. The maximum atomic E-state index is 5.92. The molecule has 1 atom stereocenters. The molecule has 0 saturated heterocycles. The summed E-state index contributed by atoms with van der Waals surface area (Å²) in [5, 5.41) is 0.752. The van der Waals surface area contributed by atoms with Gasteiger partial charge in [0.15, 0.2) is 0 Å². The van der Waals surface area contributed by atoms with Crippen LogP contribution in [-0.4, -0.2) is 27.5 Å². The summed E-state index contributed by atoms with van der Waals surface area (Å²) in [7, 11) is 0. The van der Waals surface area contributed by atoms with Gasteiger partial charge >= 0.3 is 0 Å². The molecule has 0 N–H and O–H groups in total. The van der Waals surface area contributed by atoms with Gasteiger partial charge in [0, 0.05) is 24.7 Å². The minimum Gasteiger partial charge on any atom is -0.320 e. The molecule has 0 aromatic rings. The number of hydrogen-bond acceptors (Lipinski definition) is 4. The van der Waals surface area contributed by atoms with Crippen molar-refractivity contribution in [2.75, 3.05) is 12.3 Å². The fourth-order valence-electron chi connectivity index (χ4n) is 1.47. The lowest BCUT2D eigenvalue weighted by atomic mass is 10.2. The van der Waals surface area contributed by atoms with E-state index in [2.05, 4.69) is 15.6 Å². The molecule has 0 saturated carbocycles. The lowest BCUT2D eigenvalue weighted by molar-refractivity contribution is 0.554. The molecule has 2 aliphatic heterocycles. The van der Waals surface area contributed by atoms with E-state index in [-0.39, 0.29) is 4.71 Å². The van der Waals surface area contributed by atoms with Gasteiger partial charge in [0.25, 0.3) is 0 Å². The molecule has 0 bridgehead atoms. The highest BCUT2D eigenvalue weighted by molar-refractivity contribution is 7.99. The lowest BCUT2D eigenvalue weighted by Crippen LogP contribution is -2.07. The Kier molecular flexibility index (Phi) is 9.47. The Hall–Kier alpha value is 0.490. The highest BCUT2D eigenvalue weighted by atomic mass is 35.5. The van der Waals surface area contributed by atoms with E-state index < -0.39 is 0 Å². The van der Waals surface area contributed by atoms with Crippen LogP contribution in [0, 0.1) is 0 Å². The van der Waals surface area contributed by atoms with E-state index in [1.165, 1.54) is 37.9 Å². The highest BCUT2D eigenvalue weighted by Gasteiger charge is 2.21. The Morgan fingerprint density at radius 2 is 2.28 bits per heavy atom. The summed E-state index contributed by atoms with van der Waals surface area (Å²) in [5.41, 5.74) is 0. The van der Waals surface area contributed by atoms with Gasteiger partial charge in [-0.15, -0.1) is 11.6 Å². The van der Waals surface area contributed by atoms with Crippen LogP contribution in [0.15, 0.2) is 15.6 Å². The minimum atomic E-state index is -0.0622. The summed E-state index contributed by atoms with van der Waals surface area (Å²) in [6.07, 6.45) is 10.2. The fraction of sp³-hybridized carbons (Fsp3) is 0.750. The van der Waals surface area contributed by atoms with Crippen LogP contribution in [0.2, 0.25) is 0 Å². The molecule has 0 aliphatic carbocycles. The van der Waals surface area contributed by atoms with Gasteiger partial charge in [-0.05, 0) is 36.7 Å². The first-order chi connectivity index (χ1) is 8.74. The molecule has 0 spiro atoms. The number of halogens is 2. The Balaban J connectivity index is 0.000000269. The molecule has 1 unspecified atom stereocenters. The zero-order chi connectivity index (χ0) is 13.2. The summed E-state index contributed by atoms with van der Waals surface area (Å²) in [4.78, 5) is 0. The molecule has 2 rings (SSSR count). The molecule has 0 fully saturated rings. The molecule has 6 heteroatoms. The number of alkyl halides is 1. The van der Waals surface area contributed by atoms with Crippen LogP contribution in [0.5, 0.6) is 0 Å². The fourth-order valence-corrected chi connectivity index (χ4v) is 3.46. The van der Waals surface area contributed by atoms with Crippen molar-refractivity contribution in [2.45, 2.75) is 43.7 Å². The normalized spacial score (nSPS) is 21.8. The number of rotatable bonds is 5. The Labute approximate surface area is 129 Å². The summed E-state index contributed by atoms with van der Waals surface area (Å²) >= 11 is 15.0. The van der Waals surface area contributed by atoms with Crippen LogP contribution in [0.3, 0.4) is 0 Å². The van der Waals surface area contributed by atoms with Gasteiger partial charge in [-0.25, -0.2) is 4.40 Å². The second kappa shape index (κ2) is 10.3. The Morgan fingerprint density at radius 1 is 1.44 bits per heavy atom. The standard InChI is InChI=1S/C9H15Cl2NS.C3H5NS/c1-2-3-4-5-6-12-7-8(10)9(11)13-12;1-2-4-5-3-1/h7,9H,2-6H2,1H3;2H,1,3H2. The first-order valence-corrected chi connectivity index (χ1v) is 8.92. The molecule has 18 heavy (non-hydrogen) atoms. The molecule has 0 aromatic carbocycles. The second-order valence-corrected chi connectivity index (χ2v) is 7.21. The third kappa shape index (κ3) is 7.17. The monoisotopic (exact) mass is 326 g/mol. The van der Waals surface area contributed by atoms with Crippen LogP contribution in [-0.2, 0) is 0 Å². The van der Waals surface area contributed by atoms with E-state index in [4.69, 9.17) is 23.2 Å². The first kappa shape index (κ1) is 16.5. The summed E-state index contributed by atoms with van der Waals surface area (Å²) < 4.78 is 5.95.